The first-order valence-corrected chi connectivity index (χ1v) is 21.9. The average Bonchev–Trinajstić information content (AvgIpc) is 3.83. The zero-order valence-corrected chi connectivity index (χ0v) is 42.2. The minimum absolute atomic E-state index is 0.276. The van der Waals surface area contributed by atoms with Crippen molar-refractivity contribution in [1.82, 2.24) is 39.1 Å². The van der Waals surface area contributed by atoms with Crippen molar-refractivity contribution in [3.8, 4) is 0 Å². The van der Waals surface area contributed by atoms with Gasteiger partial charge in [-0.3, -0.25) is 18.7 Å². The molecule has 0 spiro atoms. The molecule has 4 aromatic heterocycles. The summed E-state index contributed by atoms with van der Waals surface area (Å²) in [6.07, 6.45) is 1.78. The van der Waals surface area contributed by atoms with Gasteiger partial charge in [-0.25, -0.2) is 17.6 Å². The van der Waals surface area contributed by atoms with Gasteiger partial charge >= 0.3 is 0 Å². The Morgan fingerprint density at radius 2 is 0.966 bits per heavy atom. The molecule has 59 heavy (non-hydrogen) atoms. The molecular weight excluding hydrogens is 1140 g/mol. The number of rotatable bonds is 2. The predicted molar refractivity (Wildman–Crippen MR) is 255 cm³/mol. The van der Waals surface area contributed by atoms with Gasteiger partial charge in [0, 0.05) is 79.5 Å². The molecule has 0 unspecified atom stereocenters. The summed E-state index contributed by atoms with van der Waals surface area (Å²) in [7, 11) is 7.21. The lowest BCUT2D eigenvalue weighted by Crippen LogP contribution is -1.99. The van der Waals surface area contributed by atoms with Crippen molar-refractivity contribution in [3.63, 3.8) is 0 Å². The molecule has 0 aliphatic heterocycles. The Labute approximate surface area is 387 Å². The molecular formula is C42H41Br4F4IN8. The van der Waals surface area contributed by atoms with Crippen molar-refractivity contribution in [3.05, 3.63) is 130 Å². The van der Waals surface area contributed by atoms with Crippen LogP contribution in [0.15, 0.2) is 91.3 Å². The van der Waals surface area contributed by atoms with Crippen molar-refractivity contribution >= 4 is 135 Å². The van der Waals surface area contributed by atoms with Crippen molar-refractivity contribution in [2.24, 2.45) is 28.2 Å². The average molecular weight is 1180 g/mol. The van der Waals surface area contributed by atoms with Gasteiger partial charge in [-0.1, -0.05) is 89.7 Å². The Morgan fingerprint density at radius 3 is 1.46 bits per heavy atom. The van der Waals surface area contributed by atoms with Gasteiger partial charge < -0.3 is 0 Å². The number of nitrogens with zero attached hydrogens (tertiary/aromatic N) is 8. The second-order valence-electron chi connectivity index (χ2n) is 14.0. The third-order valence-corrected chi connectivity index (χ3v) is 11.2. The van der Waals surface area contributed by atoms with Crippen LogP contribution >= 0.6 is 86.3 Å². The van der Waals surface area contributed by atoms with Gasteiger partial charge in [0.25, 0.3) is 0 Å². The standard InChI is InChI=1S/C11H12BrFN2.C11H10BrFN2.C8H5BrFIN2.C8H6BrFN2.C4H8/c2*1-6(2)11-8-4-7(12)5-9(13)10(8)14-15(11)3;1-13-8(11)5-2-4(9)3-6(10)7(5)12-13;1-12-4-5-2-6(9)3-7(10)8(5)11-12;1-4(2)3/h4-6H,1-3H3;4-5H,1H2,2-3H3;2-3H,1H3;2-4H,1H3;1H2,2-3H3. The maximum Gasteiger partial charge on any atom is 0.152 e. The second-order valence-corrected chi connectivity index (χ2v) is 18.7. The van der Waals surface area contributed by atoms with Gasteiger partial charge in [0.15, 0.2) is 23.3 Å². The smallest absolute Gasteiger partial charge is 0.152 e. The summed E-state index contributed by atoms with van der Waals surface area (Å²) >= 11 is 15.2. The minimum atomic E-state index is -0.317. The van der Waals surface area contributed by atoms with Gasteiger partial charge in [0.2, 0.25) is 0 Å². The van der Waals surface area contributed by atoms with E-state index in [-0.39, 0.29) is 23.3 Å². The molecule has 0 atom stereocenters. The zero-order valence-electron chi connectivity index (χ0n) is 33.7. The third-order valence-electron chi connectivity index (χ3n) is 8.14. The Kier molecular flexibility index (Phi) is 16.7. The first kappa shape index (κ1) is 48.3. The molecule has 0 radical (unpaired) electrons. The number of aromatic nitrogens is 8. The van der Waals surface area contributed by atoms with Gasteiger partial charge in [-0.15, -0.1) is 6.58 Å². The normalized spacial score (nSPS) is 10.8. The van der Waals surface area contributed by atoms with E-state index in [1.807, 2.05) is 52.1 Å². The number of benzene rings is 4. The van der Waals surface area contributed by atoms with E-state index in [2.05, 4.69) is 134 Å². The van der Waals surface area contributed by atoms with Crippen LogP contribution in [0.2, 0.25) is 0 Å². The first-order chi connectivity index (χ1) is 27.5. The molecule has 4 heterocycles. The topological polar surface area (TPSA) is 71.3 Å². The highest BCUT2D eigenvalue weighted by Gasteiger charge is 2.16. The quantitative estimate of drug-likeness (QED) is 0.0982. The SMILES string of the molecule is C=C(C)C.C=C(C)c1c2cc(Br)cc(F)c2nn1C.CC(C)c1c2cc(Br)cc(F)c2nn1C.Cn1cc2cc(Br)cc(F)c2n1.Cn1nc2c(F)cc(Br)cc2c1I. The van der Waals surface area contributed by atoms with E-state index < -0.39 is 0 Å². The van der Waals surface area contributed by atoms with E-state index in [1.54, 1.807) is 46.1 Å². The molecule has 17 heteroatoms. The number of halogens is 9. The van der Waals surface area contributed by atoms with Crippen LogP contribution in [0, 0.1) is 27.0 Å². The molecule has 0 saturated carbocycles. The molecule has 0 fully saturated rings. The number of fused-ring (bicyclic) bond motifs is 4. The summed E-state index contributed by atoms with van der Waals surface area (Å²) in [5.41, 5.74) is 5.65. The molecule has 0 saturated heterocycles. The molecule has 4 aromatic carbocycles. The number of allylic oxidation sites excluding steroid dienone is 2. The van der Waals surface area contributed by atoms with Gasteiger partial charge in [0.05, 0.1) is 5.69 Å². The molecule has 8 nitrogen and oxygen atoms in total. The minimum Gasteiger partial charge on any atom is -0.274 e. The summed E-state index contributed by atoms with van der Waals surface area (Å²) in [6.45, 7) is 17.4. The van der Waals surface area contributed by atoms with Crippen LogP contribution in [-0.4, -0.2) is 39.1 Å². The molecule has 0 aliphatic carbocycles. The summed E-state index contributed by atoms with van der Waals surface area (Å²) in [5.74, 6) is -0.846. The van der Waals surface area contributed by atoms with E-state index >= 15 is 0 Å². The summed E-state index contributed by atoms with van der Waals surface area (Å²) in [4.78, 5) is 0. The van der Waals surface area contributed by atoms with E-state index in [0.717, 1.165) is 55.6 Å². The van der Waals surface area contributed by atoms with Crippen LogP contribution in [0.3, 0.4) is 0 Å². The van der Waals surface area contributed by atoms with E-state index in [9.17, 15) is 17.6 Å². The van der Waals surface area contributed by atoms with Crippen LogP contribution in [0.4, 0.5) is 17.6 Å². The number of aryl methyl sites for hydroxylation is 4. The van der Waals surface area contributed by atoms with Crippen molar-refractivity contribution < 1.29 is 17.6 Å². The second kappa shape index (κ2) is 20.4. The first-order valence-electron chi connectivity index (χ1n) is 17.7. The summed E-state index contributed by atoms with van der Waals surface area (Å²) < 4.78 is 64.2. The number of hydrogen-bond acceptors (Lipinski definition) is 4. The highest BCUT2D eigenvalue weighted by Crippen LogP contribution is 2.31. The highest BCUT2D eigenvalue weighted by molar-refractivity contribution is 14.1. The van der Waals surface area contributed by atoms with Gasteiger partial charge in [-0.05, 0) is 103 Å². The molecule has 8 aromatic rings. The fourth-order valence-corrected chi connectivity index (χ4v) is 8.28. The fraction of sp³-hybridized carbons (Fsp3) is 0.238. The Bertz CT molecular complexity index is 2840. The lowest BCUT2D eigenvalue weighted by molar-refractivity contribution is 0.628. The fourth-order valence-electron chi connectivity index (χ4n) is 6.03. The lowest BCUT2D eigenvalue weighted by Gasteiger charge is -2.05. The van der Waals surface area contributed by atoms with Gasteiger partial charge in [0.1, 0.15) is 25.8 Å². The van der Waals surface area contributed by atoms with Gasteiger partial charge in [-0.2, -0.15) is 20.4 Å². The molecule has 0 bridgehead atoms. The summed E-state index contributed by atoms with van der Waals surface area (Å²) in [5, 5.41) is 19.7. The van der Waals surface area contributed by atoms with E-state index in [4.69, 9.17) is 0 Å². The van der Waals surface area contributed by atoms with Crippen molar-refractivity contribution in [1.29, 1.82) is 0 Å². The molecule has 0 amide bonds. The van der Waals surface area contributed by atoms with Crippen LogP contribution in [0.5, 0.6) is 0 Å². The van der Waals surface area contributed by atoms with Crippen LogP contribution in [0.25, 0.3) is 49.2 Å². The molecule has 8 rings (SSSR count). The lowest BCUT2D eigenvalue weighted by atomic mass is 10.1. The maximum atomic E-state index is 13.6. The molecule has 0 aliphatic rings. The zero-order chi connectivity index (χ0) is 44.2. The number of hydrogen-bond donors (Lipinski definition) is 0. The van der Waals surface area contributed by atoms with Crippen LogP contribution in [-0.2, 0) is 28.2 Å². The highest BCUT2D eigenvalue weighted by atomic mass is 127. The predicted octanol–water partition coefficient (Wildman–Crippen LogP) is 14.2. The summed E-state index contributed by atoms with van der Waals surface area (Å²) in [6, 6.07) is 13.2. The molecule has 0 N–H and O–H groups in total. The van der Waals surface area contributed by atoms with E-state index in [0.29, 0.717) is 32.5 Å². The Morgan fingerprint density at radius 1 is 0.576 bits per heavy atom. The maximum absolute atomic E-state index is 13.6. The van der Waals surface area contributed by atoms with Crippen molar-refractivity contribution in [2.75, 3.05) is 0 Å². The Hall–Kier alpha value is -3.39. The van der Waals surface area contributed by atoms with E-state index in [1.165, 1.54) is 29.8 Å². The third kappa shape index (κ3) is 11.9. The largest absolute Gasteiger partial charge is 0.274 e. The Balaban J connectivity index is 0.000000169. The van der Waals surface area contributed by atoms with Crippen LogP contribution < -0.4 is 0 Å². The molecule has 312 valence electrons. The van der Waals surface area contributed by atoms with Crippen LogP contribution in [0.1, 0.15) is 51.9 Å². The van der Waals surface area contributed by atoms with Crippen molar-refractivity contribution in [2.45, 2.75) is 40.5 Å². The monoisotopic (exact) mass is 1180 g/mol.